The van der Waals surface area contributed by atoms with Crippen molar-refractivity contribution in [3.8, 4) is 11.5 Å². The minimum Gasteiger partial charge on any atom is -0.490 e. The largest absolute Gasteiger partial charge is 0.490 e. The predicted octanol–water partition coefficient (Wildman–Crippen LogP) is 5.45. The first-order valence-corrected chi connectivity index (χ1v) is 8.36. The van der Waals surface area contributed by atoms with E-state index < -0.39 is 0 Å². The summed E-state index contributed by atoms with van der Waals surface area (Å²) in [6.07, 6.45) is 1.12. The van der Waals surface area contributed by atoms with E-state index in [1.54, 1.807) is 0 Å². The zero-order valence-corrected chi connectivity index (χ0v) is 15.0. The van der Waals surface area contributed by atoms with Gasteiger partial charge in [-0.15, -0.1) is 0 Å². The van der Waals surface area contributed by atoms with E-state index >= 15 is 0 Å². The Morgan fingerprint density at radius 1 is 0.913 bits per heavy atom. The van der Waals surface area contributed by atoms with Crippen LogP contribution in [0.2, 0.25) is 0 Å². The van der Waals surface area contributed by atoms with E-state index in [2.05, 4.69) is 58.9 Å². The molecule has 0 aliphatic carbocycles. The van der Waals surface area contributed by atoms with Gasteiger partial charge in [-0.3, -0.25) is 0 Å². The van der Waals surface area contributed by atoms with Gasteiger partial charge in [-0.2, -0.15) is 0 Å². The number of hydrogen-bond donors (Lipinski definition) is 0. The van der Waals surface area contributed by atoms with E-state index in [-0.39, 0.29) is 5.41 Å². The SMILES string of the molecule is CCC(C)(C)c1ccc(OCCOc2cccc(C)c2)c(C)c1. The van der Waals surface area contributed by atoms with Gasteiger partial charge in [-0.25, -0.2) is 0 Å². The van der Waals surface area contributed by atoms with Crippen LogP contribution in [-0.2, 0) is 5.41 Å². The average Bonchev–Trinajstić information content (AvgIpc) is 2.52. The minimum absolute atomic E-state index is 0.206. The van der Waals surface area contributed by atoms with Crippen molar-refractivity contribution in [1.82, 2.24) is 0 Å². The van der Waals surface area contributed by atoms with Gasteiger partial charge in [0.25, 0.3) is 0 Å². The summed E-state index contributed by atoms with van der Waals surface area (Å²) in [6.45, 7) is 12.0. The van der Waals surface area contributed by atoms with Crippen LogP contribution in [0.15, 0.2) is 42.5 Å². The lowest BCUT2D eigenvalue weighted by atomic mass is 9.81. The molecule has 0 radical (unpaired) electrons. The molecule has 0 saturated heterocycles. The molecule has 0 aliphatic heterocycles. The summed E-state index contributed by atoms with van der Waals surface area (Å²) in [5.41, 5.74) is 3.95. The maximum Gasteiger partial charge on any atom is 0.122 e. The second kappa shape index (κ2) is 7.54. The standard InChI is InChI=1S/C21H28O2/c1-6-21(4,5)18-10-11-20(17(3)15-18)23-13-12-22-19-9-7-8-16(2)14-19/h7-11,14-15H,6,12-13H2,1-5H3. The molecule has 2 aromatic carbocycles. The van der Waals surface area contributed by atoms with Crippen molar-refractivity contribution in [3.63, 3.8) is 0 Å². The molecule has 0 aliphatic rings. The highest BCUT2D eigenvalue weighted by Crippen LogP contribution is 2.30. The Morgan fingerprint density at radius 2 is 1.65 bits per heavy atom. The lowest BCUT2D eigenvalue weighted by molar-refractivity contribution is 0.216. The third-order valence-corrected chi connectivity index (χ3v) is 4.44. The van der Waals surface area contributed by atoms with Crippen molar-refractivity contribution in [3.05, 3.63) is 59.2 Å². The van der Waals surface area contributed by atoms with E-state index in [0.717, 1.165) is 17.9 Å². The molecule has 0 saturated carbocycles. The molecule has 23 heavy (non-hydrogen) atoms. The number of rotatable bonds is 7. The molecule has 0 atom stereocenters. The molecule has 0 N–H and O–H groups in total. The van der Waals surface area contributed by atoms with Crippen molar-refractivity contribution in [2.24, 2.45) is 0 Å². The van der Waals surface area contributed by atoms with Crippen LogP contribution in [0.4, 0.5) is 0 Å². The van der Waals surface area contributed by atoms with Gasteiger partial charge < -0.3 is 9.47 Å². The van der Waals surface area contributed by atoms with Crippen LogP contribution < -0.4 is 9.47 Å². The first-order valence-electron chi connectivity index (χ1n) is 8.36. The number of ether oxygens (including phenoxy) is 2. The molecular weight excluding hydrogens is 284 g/mol. The number of benzene rings is 2. The van der Waals surface area contributed by atoms with E-state index in [9.17, 15) is 0 Å². The highest BCUT2D eigenvalue weighted by Gasteiger charge is 2.18. The van der Waals surface area contributed by atoms with Gasteiger partial charge in [0.05, 0.1) is 0 Å². The summed E-state index contributed by atoms with van der Waals surface area (Å²) in [5, 5.41) is 0. The molecule has 2 nitrogen and oxygen atoms in total. The first-order chi connectivity index (χ1) is 10.9. The van der Waals surface area contributed by atoms with E-state index in [0.29, 0.717) is 13.2 Å². The third kappa shape index (κ3) is 4.75. The molecule has 2 aromatic rings. The molecule has 124 valence electrons. The number of hydrogen-bond acceptors (Lipinski definition) is 2. The maximum absolute atomic E-state index is 5.87. The van der Waals surface area contributed by atoms with Gasteiger partial charge in [0.1, 0.15) is 24.7 Å². The van der Waals surface area contributed by atoms with Crippen LogP contribution in [0.25, 0.3) is 0 Å². The van der Waals surface area contributed by atoms with Gasteiger partial charge in [0.2, 0.25) is 0 Å². The van der Waals surface area contributed by atoms with Crippen molar-refractivity contribution in [2.75, 3.05) is 13.2 Å². The Balaban J connectivity index is 1.89. The Hall–Kier alpha value is -1.96. The van der Waals surface area contributed by atoms with Crippen LogP contribution in [0.1, 0.15) is 43.9 Å². The zero-order valence-electron chi connectivity index (χ0n) is 15.0. The fraction of sp³-hybridized carbons (Fsp3) is 0.429. The molecular formula is C21H28O2. The molecule has 2 rings (SSSR count). The van der Waals surface area contributed by atoms with Gasteiger partial charge in [-0.1, -0.05) is 45.0 Å². The van der Waals surface area contributed by atoms with Crippen molar-refractivity contribution in [2.45, 2.75) is 46.5 Å². The Bertz CT molecular complexity index is 644. The summed E-state index contributed by atoms with van der Waals surface area (Å²) < 4.78 is 11.6. The van der Waals surface area contributed by atoms with Crippen LogP contribution in [0, 0.1) is 13.8 Å². The third-order valence-electron chi connectivity index (χ3n) is 4.44. The second-order valence-corrected chi connectivity index (χ2v) is 6.73. The van der Waals surface area contributed by atoms with Crippen molar-refractivity contribution >= 4 is 0 Å². The monoisotopic (exact) mass is 312 g/mol. The highest BCUT2D eigenvalue weighted by atomic mass is 16.5. The molecule has 0 heterocycles. The topological polar surface area (TPSA) is 18.5 Å². The first kappa shape index (κ1) is 17.4. The highest BCUT2D eigenvalue weighted by molar-refractivity contribution is 5.39. The molecule has 0 amide bonds. The van der Waals surface area contributed by atoms with Crippen LogP contribution in [-0.4, -0.2) is 13.2 Å². The molecule has 2 heteroatoms. The van der Waals surface area contributed by atoms with Gasteiger partial charge in [0.15, 0.2) is 0 Å². The van der Waals surface area contributed by atoms with Crippen LogP contribution in [0.3, 0.4) is 0 Å². The van der Waals surface area contributed by atoms with Crippen LogP contribution >= 0.6 is 0 Å². The molecule has 0 unspecified atom stereocenters. The van der Waals surface area contributed by atoms with Crippen LogP contribution in [0.5, 0.6) is 11.5 Å². The minimum atomic E-state index is 0.206. The van der Waals surface area contributed by atoms with E-state index in [1.807, 2.05) is 18.2 Å². The Morgan fingerprint density at radius 3 is 2.30 bits per heavy atom. The van der Waals surface area contributed by atoms with Crippen molar-refractivity contribution < 1.29 is 9.47 Å². The van der Waals surface area contributed by atoms with Gasteiger partial charge >= 0.3 is 0 Å². The van der Waals surface area contributed by atoms with Gasteiger partial charge in [0, 0.05) is 0 Å². The van der Waals surface area contributed by atoms with Crippen molar-refractivity contribution in [1.29, 1.82) is 0 Å². The average molecular weight is 312 g/mol. The maximum atomic E-state index is 5.87. The quantitative estimate of drug-likeness (QED) is 0.633. The van der Waals surface area contributed by atoms with Gasteiger partial charge in [-0.05, 0) is 60.6 Å². The fourth-order valence-electron chi connectivity index (χ4n) is 2.45. The normalized spacial score (nSPS) is 11.3. The summed E-state index contributed by atoms with van der Waals surface area (Å²) in [6, 6.07) is 14.6. The summed E-state index contributed by atoms with van der Waals surface area (Å²) in [4.78, 5) is 0. The zero-order chi connectivity index (χ0) is 16.9. The Kier molecular flexibility index (Phi) is 5.70. The molecule has 0 spiro atoms. The smallest absolute Gasteiger partial charge is 0.122 e. The lowest BCUT2D eigenvalue weighted by Crippen LogP contribution is -2.16. The molecule has 0 fully saturated rings. The molecule has 0 aromatic heterocycles. The second-order valence-electron chi connectivity index (χ2n) is 6.73. The van der Waals surface area contributed by atoms with E-state index in [1.165, 1.54) is 16.7 Å². The Labute approximate surface area is 140 Å². The fourth-order valence-corrected chi connectivity index (χ4v) is 2.45. The molecule has 0 bridgehead atoms. The predicted molar refractivity (Wildman–Crippen MR) is 96.7 cm³/mol. The summed E-state index contributed by atoms with van der Waals surface area (Å²) in [5.74, 6) is 1.83. The van der Waals surface area contributed by atoms with E-state index in [4.69, 9.17) is 9.47 Å². The lowest BCUT2D eigenvalue weighted by Gasteiger charge is -2.24. The summed E-state index contributed by atoms with van der Waals surface area (Å²) in [7, 11) is 0. The summed E-state index contributed by atoms with van der Waals surface area (Å²) >= 11 is 0. The number of aryl methyl sites for hydroxylation is 2.